The topological polar surface area (TPSA) is 61.9 Å². The molecule has 1 saturated heterocycles. The average Bonchev–Trinajstić information content (AvgIpc) is 2.76. The number of hydrazine groups is 1. The predicted molar refractivity (Wildman–Crippen MR) is 57.1 cm³/mol. The second-order valence-corrected chi connectivity index (χ2v) is 4.48. The molecule has 0 aliphatic carbocycles. The Morgan fingerprint density at radius 2 is 2.14 bits per heavy atom. The molecule has 0 amide bonds. The van der Waals surface area contributed by atoms with Gasteiger partial charge in [-0.05, 0) is 13.8 Å². The van der Waals surface area contributed by atoms with E-state index in [-0.39, 0.29) is 0 Å². The van der Waals surface area contributed by atoms with E-state index in [2.05, 4.69) is 39.6 Å². The highest BCUT2D eigenvalue weighted by molar-refractivity contribution is 7.09. The van der Waals surface area contributed by atoms with E-state index in [9.17, 15) is 0 Å². The van der Waals surface area contributed by atoms with Crippen LogP contribution in [0.15, 0.2) is 6.20 Å². The summed E-state index contributed by atoms with van der Waals surface area (Å²) < 4.78 is 3.80. The molecule has 0 aromatic carbocycles. The summed E-state index contributed by atoms with van der Waals surface area (Å²) in [5, 5.41) is 8.16. The Labute approximate surface area is 87.4 Å². The molecule has 1 aliphatic heterocycles. The van der Waals surface area contributed by atoms with E-state index < -0.39 is 0 Å². The van der Waals surface area contributed by atoms with Gasteiger partial charge in [0.1, 0.15) is 5.00 Å². The summed E-state index contributed by atoms with van der Waals surface area (Å²) in [5.41, 5.74) is 6.46. The zero-order chi connectivity index (χ0) is 9.97. The molecule has 0 spiro atoms. The maximum atomic E-state index is 3.80. The monoisotopic (exact) mass is 213 g/mol. The van der Waals surface area contributed by atoms with E-state index in [0.29, 0.717) is 18.0 Å². The molecule has 2 unspecified atom stereocenters. The maximum Gasteiger partial charge on any atom is 0.130 e. The fourth-order valence-electron chi connectivity index (χ4n) is 1.73. The fraction of sp³-hybridized carbons (Fsp3) is 0.750. The summed E-state index contributed by atoms with van der Waals surface area (Å²) in [4.78, 5) is 0. The van der Waals surface area contributed by atoms with Gasteiger partial charge in [-0.1, -0.05) is 4.49 Å². The first-order valence-electron chi connectivity index (χ1n) is 4.79. The summed E-state index contributed by atoms with van der Waals surface area (Å²) >= 11 is 1.40. The third-order valence-corrected chi connectivity index (χ3v) is 3.32. The van der Waals surface area contributed by atoms with E-state index >= 15 is 0 Å². The number of hydrogen-bond acceptors (Lipinski definition) is 6. The Balaban J connectivity index is 1.85. The summed E-state index contributed by atoms with van der Waals surface area (Å²) in [7, 11) is 0. The molecular weight excluding hydrogens is 198 g/mol. The molecule has 0 radical (unpaired) electrons. The van der Waals surface area contributed by atoms with Crippen LogP contribution in [-0.4, -0.2) is 28.2 Å². The molecule has 6 heteroatoms. The Kier molecular flexibility index (Phi) is 2.95. The Bertz CT molecular complexity index is 265. The lowest BCUT2D eigenvalue weighted by atomic mass is 9.97. The van der Waals surface area contributed by atoms with Crippen molar-refractivity contribution in [3.8, 4) is 0 Å². The van der Waals surface area contributed by atoms with Gasteiger partial charge in [-0.25, -0.2) is 0 Å². The summed E-state index contributed by atoms with van der Waals surface area (Å²) in [6, 6.07) is 0.997. The standard InChI is InChI=1S/C8H15N5S/c1-5-7(6(2)12-11-5)3-9-8-4-10-13-14-8/h4-7,9,11-12H,3H2,1-2H3. The van der Waals surface area contributed by atoms with E-state index in [0.717, 1.165) is 11.5 Å². The fourth-order valence-corrected chi connectivity index (χ4v) is 2.15. The highest BCUT2D eigenvalue weighted by Gasteiger charge is 2.29. The zero-order valence-corrected chi connectivity index (χ0v) is 9.14. The van der Waals surface area contributed by atoms with Gasteiger partial charge in [0.15, 0.2) is 0 Å². The smallest absolute Gasteiger partial charge is 0.130 e. The number of nitrogens with zero attached hydrogens (tertiary/aromatic N) is 2. The van der Waals surface area contributed by atoms with Gasteiger partial charge in [-0.2, -0.15) is 0 Å². The molecule has 78 valence electrons. The van der Waals surface area contributed by atoms with Gasteiger partial charge in [-0.3, -0.25) is 10.9 Å². The minimum Gasteiger partial charge on any atom is -0.374 e. The Morgan fingerprint density at radius 3 is 2.71 bits per heavy atom. The van der Waals surface area contributed by atoms with Gasteiger partial charge >= 0.3 is 0 Å². The van der Waals surface area contributed by atoms with Gasteiger partial charge in [-0.15, -0.1) is 5.10 Å². The van der Waals surface area contributed by atoms with Crippen molar-refractivity contribution in [2.45, 2.75) is 25.9 Å². The highest BCUT2D eigenvalue weighted by Crippen LogP contribution is 2.16. The maximum absolute atomic E-state index is 3.80. The minimum atomic E-state index is 0.499. The van der Waals surface area contributed by atoms with Gasteiger partial charge in [0, 0.05) is 36.1 Å². The van der Waals surface area contributed by atoms with E-state index in [1.807, 2.05) is 0 Å². The number of rotatable bonds is 3. The van der Waals surface area contributed by atoms with Crippen LogP contribution < -0.4 is 16.2 Å². The van der Waals surface area contributed by atoms with Gasteiger partial charge in [0.2, 0.25) is 0 Å². The lowest BCUT2D eigenvalue weighted by Crippen LogP contribution is -2.30. The van der Waals surface area contributed by atoms with Gasteiger partial charge < -0.3 is 5.32 Å². The van der Waals surface area contributed by atoms with Crippen molar-refractivity contribution < 1.29 is 0 Å². The number of anilines is 1. The van der Waals surface area contributed by atoms with Crippen LogP contribution in [0.5, 0.6) is 0 Å². The van der Waals surface area contributed by atoms with E-state index in [4.69, 9.17) is 0 Å². The van der Waals surface area contributed by atoms with Crippen LogP contribution in [0.2, 0.25) is 0 Å². The van der Waals surface area contributed by atoms with Crippen LogP contribution in [0.1, 0.15) is 13.8 Å². The largest absolute Gasteiger partial charge is 0.374 e. The predicted octanol–water partition coefficient (Wildman–Crippen LogP) is 0.451. The van der Waals surface area contributed by atoms with Crippen molar-refractivity contribution in [3.05, 3.63) is 6.20 Å². The van der Waals surface area contributed by atoms with Crippen LogP contribution in [0.3, 0.4) is 0 Å². The van der Waals surface area contributed by atoms with E-state index in [1.54, 1.807) is 6.20 Å². The number of aromatic nitrogens is 2. The van der Waals surface area contributed by atoms with Crippen molar-refractivity contribution in [1.82, 2.24) is 20.4 Å². The minimum absolute atomic E-state index is 0.499. The molecule has 5 nitrogen and oxygen atoms in total. The normalized spacial score (nSPS) is 32.0. The third kappa shape index (κ3) is 2.02. The average molecular weight is 213 g/mol. The second kappa shape index (κ2) is 4.20. The lowest BCUT2D eigenvalue weighted by Gasteiger charge is -2.17. The van der Waals surface area contributed by atoms with Crippen molar-refractivity contribution in [3.63, 3.8) is 0 Å². The number of hydrogen-bond donors (Lipinski definition) is 3. The van der Waals surface area contributed by atoms with Crippen molar-refractivity contribution in [1.29, 1.82) is 0 Å². The summed E-state index contributed by atoms with van der Waals surface area (Å²) in [5.74, 6) is 0.595. The molecular formula is C8H15N5S. The molecule has 0 bridgehead atoms. The van der Waals surface area contributed by atoms with Crippen molar-refractivity contribution >= 4 is 16.5 Å². The first kappa shape index (κ1) is 9.82. The molecule has 2 rings (SSSR count). The van der Waals surface area contributed by atoms with Gasteiger partial charge in [0.25, 0.3) is 0 Å². The molecule has 1 aliphatic rings. The molecule has 14 heavy (non-hydrogen) atoms. The number of nitrogens with one attached hydrogen (secondary N) is 3. The first-order valence-corrected chi connectivity index (χ1v) is 5.57. The highest BCUT2D eigenvalue weighted by atomic mass is 32.1. The molecule has 0 saturated carbocycles. The van der Waals surface area contributed by atoms with Crippen LogP contribution in [0.25, 0.3) is 0 Å². The zero-order valence-electron chi connectivity index (χ0n) is 8.32. The Hall–Kier alpha value is -0.720. The van der Waals surface area contributed by atoms with Crippen molar-refractivity contribution in [2.24, 2.45) is 5.92 Å². The van der Waals surface area contributed by atoms with Crippen LogP contribution >= 0.6 is 11.5 Å². The third-order valence-electron chi connectivity index (χ3n) is 2.70. The second-order valence-electron chi connectivity index (χ2n) is 3.69. The van der Waals surface area contributed by atoms with Gasteiger partial charge in [0.05, 0.1) is 6.20 Å². The van der Waals surface area contributed by atoms with Crippen LogP contribution in [0.4, 0.5) is 5.00 Å². The molecule has 2 atom stereocenters. The van der Waals surface area contributed by atoms with Crippen molar-refractivity contribution in [2.75, 3.05) is 11.9 Å². The first-order chi connectivity index (χ1) is 6.77. The molecule has 1 aromatic rings. The summed E-state index contributed by atoms with van der Waals surface area (Å²) in [6.45, 7) is 5.33. The van der Waals surface area contributed by atoms with Crippen LogP contribution in [0, 0.1) is 5.92 Å². The molecule has 3 N–H and O–H groups in total. The SMILES string of the molecule is CC1NNC(C)C1CNc1cnns1. The summed E-state index contributed by atoms with van der Waals surface area (Å²) in [6.07, 6.45) is 1.76. The van der Waals surface area contributed by atoms with Crippen LogP contribution in [-0.2, 0) is 0 Å². The quantitative estimate of drug-likeness (QED) is 0.680. The van der Waals surface area contributed by atoms with E-state index in [1.165, 1.54) is 11.5 Å². The molecule has 1 fully saturated rings. The lowest BCUT2D eigenvalue weighted by molar-refractivity contribution is 0.467. The molecule has 2 heterocycles. The Morgan fingerprint density at radius 1 is 1.43 bits per heavy atom. The molecule has 1 aromatic heterocycles.